The molecule has 0 atom stereocenters. The van der Waals surface area contributed by atoms with E-state index in [4.69, 9.17) is 14.3 Å². The van der Waals surface area contributed by atoms with E-state index in [1.54, 1.807) is 26.3 Å². The quantitative estimate of drug-likeness (QED) is 0.418. The lowest BCUT2D eigenvalue weighted by atomic mass is 10.1. The summed E-state index contributed by atoms with van der Waals surface area (Å²) in [6.07, 6.45) is 0. The number of tetrazole rings is 1. The van der Waals surface area contributed by atoms with Gasteiger partial charge >= 0.3 is 5.69 Å². The summed E-state index contributed by atoms with van der Waals surface area (Å²) in [6, 6.07) is 11.2. The third kappa shape index (κ3) is 4.35. The maximum atomic E-state index is 12.3. The van der Waals surface area contributed by atoms with E-state index in [9.17, 15) is 4.79 Å². The van der Waals surface area contributed by atoms with Crippen molar-refractivity contribution in [3.63, 3.8) is 0 Å². The standard InChI is InChI=1S/C21H25N5O4/c1-6-30-22-15(3)16-10-11-19(14(2)12-16)29-13-17-18(8-7-9-20(17)28-5)26-21(27)25(4)23-24-26/h7-12H,6,13H2,1-5H3. The van der Waals surface area contributed by atoms with Crippen molar-refractivity contribution >= 4 is 5.71 Å². The summed E-state index contributed by atoms with van der Waals surface area (Å²) in [6.45, 7) is 6.45. The first-order chi connectivity index (χ1) is 14.5. The van der Waals surface area contributed by atoms with Crippen LogP contribution in [0.4, 0.5) is 0 Å². The minimum Gasteiger partial charge on any atom is -0.496 e. The highest BCUT2D eigenvalue weighted by molar-refractivity contribution is 5.98. The third-order valence-corrected chi connectivity index (χ3v) is 4.57. The first kappa shape index (κ1) is 21.1. The Kier molecular flexibility index (Phi) is 6.51. The largest absolute Gasteiger partial charge is 0.496 e. The van der Waals surface area contributed by atoms with E-state index >= 15 is 0 Å². The Morgan fingerprint density at radius 3 is 2.60 bits per heavy atom. The summed E-state index contributed by atoms with van der Waals surface area (Å²) < 4.78 is 13.9. The fourth-order valence-electron chi connectivity index (χ4n) is 2.95. The van der Waals surface area contributed by atoms with Gasteiger partial charge in [0.25, 0.3) is 0 Å². The second kappa shape index (κ2) is 9.25. The lowest BCUT2D eigenvalue weighted by molar-refractivity contribution is 0.159. The summed E-state index contributed by atoms with van der Waals surface area (Å²) in [5.74, 6) is 1.31. The topological polar surface area (TPSA) is 92.8 Å². The van der Waals surface area contributed by atoms with Crippen molar-refractivity contribution in [3.05, 3.63) is 63.6 Å². The van der Waals surface area contributed by atoms with E-state index in [1.807, 2.05) is 45.0 Å². The average molecular weight is 411 g/mol. The number of oxime groups is 1. The second-order valence-electron chi connectivity index (χ2n) is 6.62. The van der Waals surface area contributed by atoms with Gasteiger partial charge in [-0.1, -0.05) is 11.2 Å². The molecule has 0 fully saturated rings. The summed E-state index contributed by atoms with van der Waals surface area (Å²) in [5.41, 5.74) is 3.60. The molecule has 158 valence electrons. The molecule has 9 nitrogen and oxygen atoms in total. The normalized spacial score (nSPS) is 11.4. The van der Waals surface area contributed by atoms with Crippen LogP contribution in [-0.4, -0.2) is 39.2 Å². The zero-order chi connectivity index (χ0) is 21.7. The Hall–Kier alpha value is -3.62. The molecule has 0 aliphatic carbocycles. The molecule has 30 heavy (non-hydrogen) atoms. The van der Waals surface area contributed by atoms with Gasteiger partial charge in [-0.05, 0) is 72.7 Å². The zero-order valence-electron chi connectivity index (χ0n) is 17.7. The van der Waals surface area contributed by atoms with E-state index in [1.165, 1.54) is 9.36 Å². The van der Waals surface area contributed by atoms with E-state index in [0.29, 0.717) is 29.4 Å². The Labute approximate surface area is 174 Å². The van der Waals surface area contributed by atoms with Crippen molar-refractivity contribution < 1.29 is 14.3 Å². The SMILES string of the molecule is CCON=C(C)c1ccc(OCc2c(OC)cccc2-n2nnn(C)c2=O)c(C)c1. The van der Waals surface area contributed by atoms with Crippen molar-refractivity contribution in [3.8, 4) is 17.2 Å². The molecule has 1 heterocycles. The van der Waals surface area contributed by atoms with Crippen LogP contribution < -0.4 is 15.2 Å². The molecule has 0 N–H and O–H groups in total. The van der Waals surface area contributed by atoms with Crippen LogP contribution in [0.2, 0.25) is 0 Å². The molecule has 0 unspecified atom stereocenters. The fourth-order valence-corrected chi connectivity index (χ4v) is 2.95. The van der Waals surface area contributed by atoms with Crippen molar-refractivity contribution in [1.82, 2.24) is 19.8 Å². The van der Waals surface area contributed by atoms with Gasteiger partial charge in [0.2, 0.25) is 0 Å². The van der Waals surface area contributed by atoms with Crippen LogP contribution in [0, 0.1) is 6.92 Å². The van der Waals surface area contributed by atoms with Crippen LogP contribution in [0.3, 0.4) is 0 Å². The maximum absolute atomic E-state index is 12.3. The van der Waals surface area contributed by atoms with Gasteiger partial charge in [0.1, 0.15) is 24.7 Å². The van der Waals surface area contributed by atoms with Gasteiger partial charge in [-0.3, -0.25) is 0 Å². The van der Waals surface area contributed by atoms with Crippen LogP contribution in [0.15, 0.2) is 46.3 Å². The van der Waals surface area contributed by atoms with E-state index < -0.39 is 0 Å². The first-order valence-electron chi connectivity index (χ1n) is 9.51. The minimum absolute atomic E-state index is 0.189. The molecule has 0 saturated heterocycles. The predicted molar refractivity (Wildman–Crippen MR) is 113 cm³/mol. The van der Waals surface area contributed by atoms with Gasteiger partial charge in [0, 0.05) is 7.05 Å². The number of nitrogens with zero attached hydrogens (tertiary/aromatic N) is 5. The summed E-state index contributed by atoms with van der Waals surface area (Å²) in [7, 11) is 3.12. The van der Waals surface area contributed by atoms with Crippen LogP contribution in [0.5, 0.6) is 11.5 Å². The predicted octanol–water partition coefficient (Wildman–Crippen LogP) is 2.62. The molecular weight excluding hydrogens is 386 g/mol. The van der Waals surface area contributed by atoms with Gasteiger partial charge in [0.15, 0.2) is 0 Å². The Morgan fingerprint density at radius 2 is 1.97 bits per heavy atom. The third-order valence-electron chi connectivity index (χ3n) is 4.57. The molecule has 3 rings (SSSR count). The summed E-state index contributed by atoms with van der Waals surface area (Å²) >= 11 is 0. The van der Waals surface area contributed by atoms with Crippen molar-refractivity contribution in [1.29, 1.82) is 0 Å². The highest BCUT2D eigenvalue weighted by Crippen LogP contribution is 2.27. The number of benzene rings is 2. The van der Waals surface area contributed by atoms with Gasteiger partial charge in [-0.15, -0.1) is 0 Å². The van der Waals surface area contributed by atoms with E-state index in [-0.39, 0.29) is 12.3 Å². The number of rotatable bonds is 8. The van der Waals surface area contributed by atoms with Crippen molar-refractivity contribution in [2.24, 2.45) is 12.2 Å². The molecule has 1 aromatic heterocycles. The number of hydrogen-bond donors (Lipinski definition) is 0. The number of methoxy groups -OCH3 is 1. The van der Waals surface area contributed by atoms with Crippen LogP contribution >= 0.6 is 0 Å². The average Bonchev–Trinajstić information content (AvgIpc) is 3.09. The highest BCUT2D eigenvalue weighted by atomic mass is 16.6. The molecule has 0 bridgehead atoms. The summed E-state index contributed by atoms with van der Waals surface area (Å²) in [4.78, 5) is 17.4. The lowest BCUT2D eigenvalue weighted by Gasteiger charge is -2.15. The molecular formula is C21H25N5O4. The number of aromatic nitrogens is 4. The Morgan fingerprint density at radius 1 is 1.17 bits per heavy atom. The zero-order valence-corrected chi connectivity index (χ0v) is 17.7. The summed E-state index contributed by atoms with van der Waals surface area (Å²) in [5, 5.41) is 11.8. The van der Waals surface area contributed by atoms with Gasteiger partial charge in [0.05, 0.1) is 24.1 Å². The number of ether oxygens (including phenoxy) is 2. The molecule has 0 amide bonds. The van der Waals surface area contributed by atoms with E-state index in [0.717, 1.165) is 16.8 Å². The van der Waals surface area contributed by atoms with Gasteiger partial charge in [-0.25, -0.2) is 4.79 Å². The van der Waals surface area contributed by atoms with Crippen molar-refractivity contribution in [2.45, 2.75) is 27.4 Å². The molecule has 0 aliphatic heterocycles. The molecule has 2 aromatic carbocycles. The smallest absolute Gasteiger partial charge is 0.368 e. The first-order valence-corrected chi connectivity index (χ1v) is 9.51. The van der Waals surface area contributed by atoms with Crippen LogP contribution in [0.1, 0.15) is 30.5 Å². The molecule has 3 aromatic rings. The number of hydrogen-bond acceptors (Lipinski definition) is 7. The number of aryl methyl sites for hydroxylation is 2. The Bertz CT molecular complexity index is 1120. The van der Waals surface area contributed by atoms with Crippen molar-refractivity contribution in [2.75, 3.05) is 13.7 Å². The van der Waals surface area contributed by atoms with Crippen LogP contribution in [-0.2, 0) is 18.5 Å². The Balaban J connectivity index is 1.89. The lowest BCUT2D eigenvalue weighted by Crippen LogP contribution is -2.23. The molecule has 0 saturated carbocycles. The molecule has 0 radical (unpaired) electrons. The van der Waals surface area contributed by atoms with Gasteiger partial charge in [-0.2, -0.15) is 9.36 Å². The maximum Gasteiger partial charge on any atom is 0.368 e. The molecule has 0 spiro atoms. The molecule has 9 heteroatoms. The monoisotopic (exact) mass is 411 g/mol. The van der Waals surface area contributed by atoms with Gasteiger partial charge < -0.3 is 14.3 Å². The molecule has 0 aliphatic rings. The second-order valence-corrected chi connectivity index (χ2v) is 6.62. The minimum atomic E-state index is -0.353. The highest BCUT2D eigenvalue weighted by Gasteiger charge is 2.16. The fraction of sp³-hybridized carbons (Fsp3) is 0.333. The van der Waals surface area contributed by atoms with Crippen LogP contribution in [0.25, 0.3) is 5.69 Å². The van der Waals surface area contributed by atoms with E-state index in [2.05, 4.69) is 15.6 Å².